The van der Waals surface area contributed by atoms with Crippen molar-refractivity contribution in [2.75, 3.05) is 7.11 Å². The monoisotopic (exact) mass is 195 g/mol. The molecule has 0 aliphatic rings. The van der Waals surface area contributed by atoms with Gasteiger partial charge in [0.05, 0.1) is 7.11 Å². The lowest BCUT2D eigenvalue weighted by atomic mass is 10.3. The molecule has 5 nitrogen and oxygen atoms in total. The third-order valence-electron chi connectivity index (χ3n) is 1.67. The number of methoxy groups -OCH3 is 1. The number of aromatic nitrogens is 2. The molecular weight excluding hydrogens is 182 g/mol. The molecule has 0 aliphatic carbocycles. The lowest BCUT2D eigenvalue weighted by Crippen LogP contribution is -2.21. The number of amides is 1. The van der Waals surface area contributed by atoms with Gasteiger partial charge in [-0.3, -0.25) is 4.79 Å². The van der Waals surface area contributed by atoms with Crippen molar-refractivity contribution < 1.29 is 9.53 Å². The molecule has 76 valence electrons. The van der Waals surface area contributed by atoms with Crippen LogP contribution in [0, 0.1) is 0 Å². The molecule has 1 aromatic rings. The molecule has 0 bridgehead atoms. The number of hydrogen-bond acceptors (Lipinski definition) is 4. The minimum Gasteiger partial charge on any atom is -0.467 e. The van der Waals surface area contributed by atoms with E-state index >= 15 is 0 Å². The Morgan fingerprint density at radius 2 is 2.14 bits per heavy atom. The summed E-state index contributed by atoms with van der Waals surface area (Å²) in [6, 6.07) is 0.329. The van der Waals surface area contributed by atoms with Gasteiger partial charge < -0.3 is 10.1 Å². The zero-order valence-corrected chi connectivity index (χ0v) is 8.28. The number of nitrogens with one attached hydrogen (secondary N) is 1. The van der Waals surface area contributed by atoms with Gasteiger partial charge >= 0.3 is 6.01 Å². The molecule has 5 heteroatoms. The number of nitrogens with zero attached hydrogens (tertiary/aromatic N) is 2. The summed E-state index contributed by atoms with van der Waals surface area (Å²) in [5, 5.41) is 2.73. The van der Waals surface area contributed by atoms with E-state index in [9.17, 15) is 4.79 Å². The Morgan fingerprint density at radius 3 is 2.64 bits per heavy atom. The van der Waals surface area contributed by atoms with Gasteiger partial charge in [-0.15, -0.1) is 0 Å². The first kappa shape index (κ1) is 10.4. The van der Waals surface area contributed by atoms with Crippen molar-refractivity contribution in [2.45, 2.75) is 19.9 Å². The van der Waals surface area contributed by atoms with Crippen LogP contribution in [0.4, 0.5) is 0 Å². The van der Waals surface area contributed by atoms with Crippen LogP contribution < -0.4 is 10.1 Å². The van der Waals surface area contributed by atoms with E-state index in [1.54, 1.807) is 19.3 Å². The molecular formula is C9H13N3O2. The topological polar surface area (TPSA) is 64.1 Å². The Hall–Kier alpha value is -1.65. The molecule has 1 aromatic heterocycles. The maximum atomic E-state index is 10.9. The fourth-order valence-electron chi connectivity index (χ4n) is 0.865. The van der Waals surface area contributed by atoms with Crippen molar-refractivity contribution in [3.63, 3.8) is 0 Å². The summed E-state index contributed by atoms with van der Waals surface area (Å²) in [7, 11) is 1.51. The van der Waals surface area contributed by atoms with Gasteiger partial charge in [0.25, 0.3) is 0 Å². The molecule has 0 saturated heterocycles. The van der Waals surface area contributed by atoms with Crippen LogP contribution in [-0.4, -0.2) is 23.0 Å². The molecule has 14 heavy (non-hydrogen) atoms. The van der Waals surface area contributed by atoms with Crippen LogP contribution in [0.2, 0.25) is 0 Å². The lowest BCUT2D eigenvalue weighted by molar-refractivity contribution is -0.120. The average Bonchev–Trinajstić information content (AvgIpc) is 2.26. The van der Waals surface area contributed by atoms with Gasteiger partial charge in [-0.1, -0.05) is 6.92 Å². The highest BCUT2D eigenvalue weighted by Crippen LogP contribution is 2.00. The second-order valence-corrected chi connectivity index (χ2v) is 2.71. The minimum atomic E-state index is 0.0146. The molecule has 0 radical (unpaired) electrons. The van der Waals surface area contributed by atoms with Crippen LogP contribution in [0.3, 0.4) is 0 Å². The maximum absolute atomic E-state index is 10.9. The van der Waals surface area contributed by atoms with E-state index < -0.39 is 0 Å². The molecule has 1 amide bonds. The third kappa shape index (κ3) is 3.01. The Labute approximate surface area is 82.5 Å². The second kappa shape index (κ2) is 5.16. The van der Waals surface area contributed by atoms with Crippen LogP contribution in [0.1, 0.15) is 18.9 Å². The summed E-state index contributed by atoms with van der Waals surface area (Å²) in [4.78, 5) is 18.8. The van der Waals surface area contributed by atoms with E-state index in [0.29, 0.717) is 19.0 Å². The van der Waals surface area contributed by atoms with E-state index in [2.05, 4.69) is 15.3 Å². The molecule has 1 heterocycles. The highest BCUT2D eigenvalue weighted by Gasteiger charge is 1.99. The smallest absolute Gasteiger partial charge is 0.316 e. The number of rotatable bonds is 4. The van der Waals surface area contributed by atoms with Gasteiger partial charge in [0.1, 0.15) is 0 Å². The molecule has 0 spiro atoms. The normalized spacial score (nSPS) is 9.57. The number of carbonyl (C=O) groups is 1. The van der Waals surface area contributed by atoms with Crippen LogP contribution in [0.25, 0.3) is 0 Å². The number of ether oxygens (including phenoxy) is 1. The van der Waals surface area contributed by atoms with Gasteiger partial charge in [0.2, 0.25) is 5.91 Å². The van der Waals surface area contributed by atoms with Crippen molar-refractivity contribution in [1.82, 2.24) is 15.3 Å². The average molecular weight is 195 g/mol. The molecule has 0 atom stereocenters. The molecule has 0 unspecified atom stereocenters. The molecule has 0 aliphatic heterocycles. The fraction of sp³-hybridized carbons (Fsp3) is 0.444. The van der Waals surface area contributed by atoms with Crippen molar-refractivity contribution in [1.29, 1.82) is 0 Å². The summed E-state index contributed by atoms with van der Waals surface area (Å²) in [5.74, 6) is 0.0146. The first-order chi connectivity index (χ1) is 6.76. The maximum Gasteiger partial charge on any atom is 0.316 e. The molecule has 1 rings (SSSR count). The molecule has 0 saturated carbocycles. The second-order valence-electron chi connectivity index (χ2n) is 2.71. The van der Waals surface area contributed by atoms with Crippen molar-refractivity contribution in [3.8, 4) is 6.01 Å². The predicted octanol–water partition coefficient (Wildman–Crippen LogP) is 0.511. The predicted molar refractivity (Wildman–Crippen MR) is 50.7 cm³/mol. The lowest BCUT2D eigenvalue weighted by Gasteiger charge is -2.03. The Morgan fingerprint density at radius 1 is 1.50 bits per heavy atom. The standard InChI is InChI=1S/C9H13N3O2/c1-3-8(13)10-4-7-5-11-9(14-2)12-6-7/h5-6H,3-4H2,1-2H3,(H,10,13). The molecule has 1 N–H and O–H groups in total. The van der Waals surface area contributed by atoms with Crippen LogP contribution in [0.5, 0.6) is 6.01 Å². The third-order valence-corrected chi connectivity index (χ3v) is 1.67. The van der Waals surface area contributed by atoms with Gasteiger partial charge in [0, 0.05) is 30.9 Å². The van der Waals surface area contributed by atoms with Gasteiger partial charge in [-0.05, 0) is 0 Å². The summed E-state index contributed by atoms with van der Waals surface area (Å²) >= 11 is 0. The van der Waals surface area contributed by atoms with Gasteiger partial charge in [-0.2, -0.15) is 0 Å². The van der Waals surface area contributed by atoms with Crippen molar-refractivity contribution in [2.24, 2.45) is 0 Å². The SMILES string of the molecule is CCC(=O)NCc1cnc(OC)nc1. The first-order valence-corrected chi connectivity index (χ1v) is 4.38. The largest absolute Gasteiger partial charge is 0.467 e. The zero-order valence-electron chi connectivity index (χ0n) is 8.28. The van der Waals surface area contributed by atoms with E-state index in [4.69, 9.17) is 4.74 Å². The van der Waals surface area contributed by atoms with Gasteiger partial charge in [0.15, 0.2) is 0 Å². The zero-order chi connectivity index (χ0) is 10.4. The fourth-order valence-corrected chi connectivity index (χ4v) is 0.865. The van der Waals surface area contributed by atoms with Crippen molar-refractivity contribution in [3.05, 3.63) is 18.0 Å². The molecule has 0 fully saturated rings. The number of carbonyl (C=O) groups excluding carboxylic acids is 1. The number of hydrogen-bond donors (Lipinski definition) is 1. The summed E-state index contributed by atoms with van der Waals surface area (Å²) in [5.41, 5.74) is 0.854. The Kier molecular flexibility index (Phi) is 3.84. The van der Waals surface area contributed by atoms with E-state index in [1.165, 1.54) is 7.11 Å². The quantitative estimate of drug-likeness (QED) is 0.760. The summed E-state index contributed by atoms with van der Waals surface area (Å²) < 4.78 is 4.81. The van der Waals surface area contributed by atoms with Crippen LogP contribution >= 0.6 is 0 Å². The summed E-state index contributed by atoms with van der Waals surface area (Å²) in [6.45, 7) is 2.26. The highest BCUT2D eigenvalue weighted by atomic mass is 16.5. The summed E-state index contributed by atoms with van der Waals surface area (Å²) in [6.07, 6.45) is 3.74. The Balaban J connectivity index is 2.47. The van der Waals surface area contributed by atoms with E-state index in [0.717, 1.165) is 5.56 Å². The minimum absolute atomic E-state index is 0.0146. The van der Waals surface area contributed by atoms with Crippen molar-refractivity contribution >= 4 is 5.91 Å². The van der Waals surface area contributed by atoms with Crippen LogP contribution in [-0.2, 0) is 11.3 Å². The van der Waals surface area contributed by atoms with Gasteiger partial charge in [-0.25, -0.2) is 9.97 Å². The first-order valence-electron chi connectivity index (χ1n) is 4.38. The highest BCUT2D eigenvalue weighted by molar-refractivity contribution is 5.75. The van der Waals surface area contributed by atoms with Crippen LogP contribution in [0.15, 0.2) is 12.4 Å². The molecule has 0 aromatic carbocycles. The van der Waals surface area contributed by atoms with E-state index in [-0.39, 0.29) is 5.91 Å². The van der Waals surface area contributed by atoms with E-state index in [1.807, 2.05) is 0 Å². The Bertz CT molecular complexity index is 297.